The average molecular weight is 549 g/mol. The molecule has 3 aromatic carbocycles. The Balaban J connectivity index is 1.29. The standard InChI is InChI=1S/C33H37ClO5/c34-27-28(35-21-24-13-5-1-6-14-24)30(37-23-26-17-9-3-10-18-26)32-31(38-33(39-32)19-11-4-12-20-33)29(27)36-22-25-15-7-2-8-16-25/h1-3,5-10,13-18,27-32H,4,11-12,19-23H2/t27-,28-,29+,30+,31-,32+/m1/s1. The fourth-order valence-corrected chi connectivity index (χ4v) is 6.52. The quantitative estimate of drug-likeness (QED) is 0.275. The van der Waals surface area contributed by atoms with Crippen LogP contribution in [0.4, 0.5) is 0 Å². The van der Waals surface area contributed by atoms with Crippen molar-refractivity contribution in [2.45, 2.75) is 93.6 Å². The molecule has 1 heterocycles. The zero-order chi connectivity index (χ0) is 26.5. The Morgan fingerprint density at radius 1 is 0.564 bits per heavy atom. The van der Waals surface area contributed by atoms with Gasteiger partial charge >= 0.3 is 0 Å². The molecule has 6 atom stereocenters. The van der Waals surface area contributed by atoms with Gasteiger partial charge < -0.3 is 23.7 Å². The van der Waals surface area contributed by atoms with Crippen molar-refractivity contribution in [1.82, 2.24) is 0 Å². The van der Waals surface area contributed by atoms with Gasteiger partial charge in [-0.3, -0.25) is 0 Å². The molecular formula is C33H37ClO5. The lowest BCUT2D eigenvalue weighted by molar-refractivity contribution is -0.209. The van der Waals surface area contributed by atoms with E-state index in [-0.39, 0.29) is 12.2 Å². The summed E-state index contributed by atoms with van der Waals surface area (Å²) in [5.74, 6) is -0.610. The second-order valence-corrected chi connectivity index (χ2v) is 11.4. The summed E-state index contributed by atoms with van der Waals surface area (Å²) in [6.07, 6.45) is 3.18. The lowest BCUT2D eigenvalue weighted by atomic mass is 9.86. The zero-order valence-corrected chi connectivity index (χ0v) is 23.0. The van der Waals surface area contributed by atoms with E-state index in [0.717, 1.165) is 42.4 Å². The minimum atomic E-state index is -0.610. The molecule has 0 bridgehead atoms. The van der Waals surface area contributed by atoms with E-state index in [1.54, 1.807) is 0 Å². The molecule has 1 aliphatic heterocycles. The predicted molar refractivity (Wildman–Crippen MR) is 150 cm³/mol. The summed E-state index contributed by atoms with van der Waals surface area (Å²) in [4.78, 5) is 0. The first kappa shape index (κ1) is 26.9. The van der Waals surface area contributed by atoms with Gasteiger partial charge in [-0.25, -0.2) is 0 Å². The third-order valence-corrected chi connectivity index (χ3v) is 8.59. The summed E-state index contributed by atoms with van der Waals surface area (Å²) in [6, 6.07) is 30.5. The molecule has 2 aliphatic carbocycles. The number of ether oxygens (including phenoxy) is 5. The molecule has 206 valence electrons. The summed E-state index contributed by atoms with van der Waals surface area (Å²) in [7, 11) is 0. The molecule has 1 spiro atoms. The second kappa shape index (κ2) is 12.5. The van der Waals surface area contributed by atoms with Gasteiger partial charge in [0.1, 0.15) is 30.5 Å². The van der Waals surface area contributed by atoms with Crippen LogP contribution < -0.4 is 0 Å². The van der Waals surface area contributed by atoms with E-state index in [0.29, 0.717) is 19.8 Å². The van der Waals surface area contributed by atoms with E-state index in [9.17, 15) is 0 Å². The van der Waals surface area contributed by atoms with E-state index >= 15 is 0 Å². The van der Waals surface area contributed by atoms with Gasteiger partial charge in [0, 0.05) is 12.8 Å². The van der Waals surface area contributed by atoms with Crippen molar-refractivity contribution in [3.05, 3.63) is 108 Å². The fourth-order valence-electron chi connectivity index (χ4n) is 6.09. The third kappa shape index (κ3) is 6.25. The fraction of sp³-hybridized carbons (Fsp3) is 0.455. The van der Waals surface area contributed by atoms with Crippen molar-refractivity contribution < 1.29 is 23.7 Å². The third-order valence-electron chi connectivity index (χ3n) is 8.10. The van der Waals surface area contributed by atoms with Crippen molar-refractivity contribution in [2.24, 2.45) is 0 Å². The molecule has 39 heavy (non-hydrogen) atoms. The average Bonchev–Trinajstić information content (AvgIpc) is 3.34. The van der Waals surface area contributed by atoms with Gasteiger partial charge in [-0.15, -0.1) is 11.6 Å². The minimum Gasteiger partial charge on any atom is -0.369 e. The predicted octanol–water partition coefficient (Wildman–Crippen LogP) is 6.81. The van der Waals surface area contributed by atoms with Crippen molar-refractivity contribution >= 4 is 11.6 Å². The van der Waals surface area contributed by atoms with Crippen LogP contribution in [0.3, 0.4) is 0 Å². The first-order chi connectivity index (χ1) is 19.2. The normalized spacial score (nSPS) is 29.8. The lowest BCUT2D eigenvalue weighted by Gasteiger charge is -2.44. The van der Waals surface area contributed by atoms with E-state index in [1.165, 1.54) is 6.42 Å². The van der Waals surface area contributed by atoms with Gasteiger partial charge in [-0.2, -0.15) is 0 Å². The number of hydrogen-bond donors (Lipinski definition) is 0. The molecule has 0 N–H and O–H groups in total. The summed E-state index contributed by atoms with van der Waals surface area (Å²) in [6.45, 7) is 1.30. The molecule has 2 saturated carbocycles. The lowest BCUT2D eigenvalue weighted by Crippen LogP contribution is -2.63. The molecule has 5 nitrogen and oxygen atoms in total. The zero-order valence-electron chi connectivity index (χ0n) is 22.2. The number of alkyl halides is 1. The van der Waals surface area contributed by atoms with Gasteiger partial charge in [-0.1, -0.05) is 97.4 Å². The Hall–Kier alpha value is -2.25. The largest absolute Gasteiger partial charge is 0.369 e. The molecule has 0 aromatic heterocycles. The van der Waals surface area contributed by atoms with E-state index in [1.807, 2.05) is 54.6 Å². The van der Waals surface area contributed by atoms with Crippen LogP contribution in [-0.2, 0) is 43.5 Å². The molecule has 0 unspecified atom stereocenters. The van der Waals surface area contributed by atoms with Gasteiger partial charge in [0.15, 0.2) is 5.79 Å². The SMILES string of the molecule is Cl[C@@H]1[C@@H](OCc2ccccc2)[C@H](OCc2ccccc2)[C@@H]2OC3(CCCCC3)O[C@@H]2[C@H]1OCc1ccccc1. The number of rotatable bonds is 9. The van der Waals surface area contributed by atoms with Crippen molar-refractivity contribution in [1.29, 1.82) is 0 Å². The maximum atomic E-state index is 7.29. The van der Waals surface area contributed by atoms with Crippen molar-refractivity contribution in [3.8, 4) is 0 Å². The highest BCUT2D eigenvalue weighted by molar-refractivity contribution is 6.21. The Bertz CT molecular complexity index is 1150. The molecule has 3 fully saturated rings. The number of halogens is 1. The monoisotopic (exact) mass is 548 g/mol. The van der Waals surface area contributed by atoms with E-state index < -0.39 is 29.5 Å². The van der Waals surface area contributed by atoms with Gasteiger partial charge in [-0.05, 0) is 29.5 Å². The maximum Gasteiger partial charge on any atom is 0.169 e. The van der Waals surface area contributed by atoms with Crippen LogP contribution in [0.15, 0.2) is 91.0 Å². The first-order valence-electron chi connectivity index (χ1n) is 14.2. The van der Waals surface area contributed by atoms with Gasteiger partial charge in [0.05, 0.1) is 25.2 Å². The molecule has 3 aromatic rings. The molecule has 6 rings (SSSR count). The van der Waals surface area contributed by atoms with Crippen LogP contribution in [0.1, 0.15) is 48.8 Å². The molecule has 6 heteroatoms. The van der Waals surface area contributed by atoms with E-state index in [2.05, 4.69) is 36.4 Å². The Labute approximate surface area is 236 Å². The maximum absolute atomic E-state index is 7.29. The summed E-state index contributed by atoms with van der Waals surface area (Å²) in [5, 5.41) is -0.484. The molecular weight excluding hydrogens is 512 g/mol. The second-order valence-electron chi connectivity index (χ2n) is 10.9. The Morgan fingerprint density at radius 2 is 0.974 bits per heavy atom. The Kier molecular flexibility index (Phi) is 8.64. The van der Waals surface area contributed by atoms with Gasteiger partial charge in [0.25, 0.3) is 0 Å². The molecule has 1 saturated heterocycles. The highest BCUT2D eigenvalue weighted by atomic mass is 35.5. The highest BCUT2D eigenvalue weighted by Gasteiger charge is 2.61. The summed E-state index contributed by atoms with van der Waals surface area (Å²) in [5.41, 5.74) is 3.27. The topological polar surface area (TPSA) is 46.2 Å². The van der Waals surface area contributed by atoms with Crippen LogP contribution >= 0.6 is 11.6 Å². The summed E-state index contributed by atoms with van der Waals surface area (Å²) >= 11 is 7.29. The van der Waals surface area contributed by atoms with Gasteiger partial charge in [0.2, 0.25) is 0 Å². The van der Waals surface area contributed by atoms with Crippen LogP contribution in [0.25, 0.3) is 0 Å². The minimum absolute atomic E-state index is 0.341. The first-order valence-corrected chi connectivity index (χ1v) is 14.6. The number of fused-ring (bicyclic) bond motifs is 1. The highest BCUT2D eigenvalue weighted by Crippen LogP contribution is 2.48. The van der Waals surface area contributed by atoms with E-state index in [4.69, 9.17) is 35.3 Å². The van der Waals surface area contributed by atoms with Crippen molar-refractivity contribution in [2.75, 3.05) is 0 Å². The van der Waals surface area contributed by atoms with Crippen LogP contribution in [0.5, 0.6) is 0 Å². The number of benzene rings is 3. The van der Waals surface area contributed by atoms with Crippen LogP contribution in [-0.4, -0.2) is 41.7 Å². The molecule has 0 amide bonds. The van der Waals surface area contributed by atoms with Crippen molar-refractivity contribution in [3.63, 3.8) is 0 Å². The Morgan fingerprint density at radius 3 is 1.46 bits per heavy atom. The van der Waals surface area contributed by atoms with Crippen LogP contribution in [0, 0.1) is 0 Å². The summed E-state index contributed by atoms with van der Waals surface area (Å²) < 4.78 is 33.4. The molecule has 0 radical (unpaired) electrons. The van der Waals surface area contributed by atoms with Crippen LogP contribution in [0.2, 0.25) is 0 Å². The molecule has 3 aliphatic rings. The smallest absolute Gasteiger partial charge is 0.169 e. The number of hydrogen-bond acceptors (Lipinski definition) is 5.